The summed E-state index contributed by atoms with van der Waals surface area (Å²) in [6.07, 6.45) is 12.3. The van der Waals surface area contributed by atoms with E-state index in [1.54, 1.807) is 39.2 Å². The van der Waals surface area contributed by atoms with E-state index in [4.69, 9.17) is 9.84 Å². The van der Waals surface area contributed by atoms with Gasteiger partial charge in [0.05, 0.1) is 46.1 Å². The first-order chi connectivity index (χ1) is 27.8. The van der Waals surface area contributed by atoms with Crippen molar-refractivity contribution in [3.05, 3.63) is 77.1 Å². The minimum Gasteiger partial charge on any atom is -0.490 e. The molecule has 2 aliphatic carbocycles. The van der Waals surface area contributed by atoms with Gasteiger partial charge in [-0.05, 0) is 81.2 Å². The van der Waals surface area contributed by atoms with E-state index in [2.05, 4.69) is 47.5 Å². The molecule has 16 nitrogen and oxygen atoms in total. The topological polar surface area (TPSA) is 166 Å². The van der Waals surface area contributed by atoms with Crippen molar-refractivity contribution < 1.29 is 19.1 Å². The van der Waals surface area contributed by atoms with E-state index in [1.807, 2.05) is 30.3 Å². The van der Waals surface area contributed by atoms with Crippen molar-refractivity contribution >= 4 is 56.8 Å². The minimum atomic E-state index is -0.701. The van der Waals surface area contributed by atoms with Crippen LogP contribution in [0.4, 0.5) is 11.5 Å². The molecule has 6 aromatic rings. The Morgan fingerprint density at radius 3 is 2.58 bits per heavy atom. The van der Waals surface area contributed by atoms with Crippen LogP contribution >= 0.6 is 0 Å². The van der Waals surface area contributed by atoms with Gasteiger partial charge in [-0.2, -0.15) is 14.7 Å². The number of imidazole rings is 2. The first kappa shape index (κ1) is 35.4. The normalized spacial score (nSPS) is 22.1. The number of aryl methyl sites for hydroxylation is 1. The number of hydrogen-bond donors (Lipinski definition) is 2. The molecular weight excluding hydrogens is 727 g/mol. The van der Waals surface area contributed by atoms with E-state index >= 15 is 0 Å². The van der Waals surface area contributed by atoms with E-state index in [1.165, 1.54) is 0 Å². The number of carbonyl (C=O) groups is 3. The summed E-state index contributed by atoms with van der Waals surface area (Å²) in [5, 5.41) is 15.6. The van der Waals surface area contributed by atoms with Crippen molar-refractivity contribution in [2.24, 2.45) is 13.0 Å². The Labute approximate surface area is 327 Å². The largest absolute Gasteiger partial charge is 0.490 e. The van der Waals surface area contributed by atoms with Gasteiger partial charge in [0.1, 0.15) is 11.8 Å². The highest BCUT2D eigenvalue weighted by Crippen LogP contribution is 2.37. The second kappa shape index (κ2) is 14.2. The predicted molar refractivity (Wildman–Crippen MR) is 213 cm³/mol. The van der Waals surface area contributed by atoms with Crippen LogP contribution in [-0.2, 0) is 16.6 Å². The Morgan fingerprint density at radius 1 is 0.965 bits per heavy atom. The molecule has 0 bridgehead atoms. The van der Waals surface area contributed by atoms with Crippen molar-refractivity contribution in [3.63, 3.8) is 0 Å². The van der Waals surface area contributed by atoms with E-state index in [0.717, 1.165) is 93.4 Å². The molecule has 2 saturated heterocycles. The number of benzene rings is 2. The number of imide groups is 1. The SMILES string of the molecule is Cn1c(=O)n(C2CCC(=O)NC2=O)c2cccc(N3CCN(CC4CCC(n5cc6cc(C(=O)Nc7cnc8cccnn78)c(OC7CC7)cc6n5)CC4)CC3)c21. The number of hydrogen-bond acceptors (Lipinski definition) is 10. The number of ether oxygens (including phenoxy) is 1. The number of carbonyl (C=O) groups excluding carboxylic acids is 3. The highest BCUT2D eigenvalue weighted by Gasteiger charge is 2.33. The van der Waals surface area contributed by atoms with E-state index in [9.17, 15) is 19.2 Å². The fourth-order valence-electron chi connectivity index (χ4n) is 9.03. The zero-order chi connectivity index (χ0) is 38.8. The molecule has 0 spiro atoms. The average molecular weight is 772 g/mol. The number of aromatic nitrogens is 7. The lowest BCUT2D eigenvalue weighted by molar-refractivity contribution is -0.135. The third kappa shape index (κ3) is 6.60. The van der Waals surface area contributed by atoms with E-state index in [-0.39, 0.29) is 30.0 Å². The standard InChI is InChI=1S/C41H45N11O5/c1-47-38-31(4-2-5-32(38)51(41(47)56)33-13-14-37(53)45-40(33)55)49-18-16-48(17-19-49)23-25-7-9-27(10-8-25)50-24-26-20-29(34(21-30(26)46-50)57-28-11-12-28)39(54)44-36-22-42-35-6-3-15-43-52(35)36/h2-6,15,20-22,24-25,27-28,33H,7-14,16-19,23H2,1H3,(H,44,54)(H,45,53,55). The molecule has 1 unspecified atom stereocenters. The zero-order valence-electron chi connectivity index (χ0n) is 31.8. The molecule has 4 aromatic heterocycles. The molecule has 10 rings (SSSR count). The van der Waals surface area contributed by atoms with Gasteiger partial charge in [-0.15, -0.1) is 0 Å². The van der Waals surface area contributed by atoms with Crippen molar-refractivity contribution in [2.45, 2.75) is 69.6 Å². The third-order valence-electron chi connectivity index (χ3n) is 12.2. The number of nitrogens with one attached hydrogen (secondary N) is 2. The fourth-order valence-corrected chi connectivity index (χ4v) is 9.03. The summed E-state index contributed by atoms with van der Waals surface area (Å²) in [5.74, 6) is 0.647. The summed E-state index contributed by atoms with van der Waals surface area (Å²) in [7, 11) is 1.76. The number of piperazine rings is 1. The zero-order valence-corrected chi connectivity index (χ0v) is 31.8. The summed E-state index contributed by atoms with van der Waals surface area (Å²) in [4.78, 5) is 60.9. The van der Waals surface area contributed by atoms with Gasteiger partial charge in [-0.1, -0.05) is 6.07 Å². The smallest absolute Gasteiger partial charge is 0.329 e. The molecule has 3 amide bonds. The maximum absolute atomic E-state index is 13.6. The van der Waals surface area contributed by atoms with Gasteiger partial charge in [0.25, 0.3) is 5.91 Å². The van der Waals surface area contributed by atoms with E-state index < -0.39 is 11.9 Å². The number of piperidine rings is 1. The van der Waals surface area contributed by atoms with Crippen LogP contribution in [0, 0.1) is 5.92 Å². The van der Waals surface area contributed by atoms with Crippen LogP contribution in [-0.4, -0.2) is 95.0 Å². The van der Waals surface area contributed by atoms with Crippen LogP contribution in [0.1, 0.15) is 73.8 Å². The number of anilines is 2. The third-order valence-corrected chi connectivity index (χ3v) is 12.2. The van der Waals surface area contributed by atoms with E-state index in [0.29, 0.717) is 46.7 Å². The second-order valence-corrected chi connectivity index (χ2v) is 16.0. The molecular formula is C41H45N11O5. The summed E-state index contributed by atoms with van der Waals surface area (Å²) in [6.45, 7) is 4.59. The molecule has 2 aromatic carbocycles. The number of rotatable bonds is 9. The van der Waals surface area contributed by atoms with Crippen LogP contribution in [0.2, 0.25) is 0 Å². The fraction of sp³-hybridized carbons (Fsp3) is 0.439. The van der Waals surface area contributed by atoms with Crippen molar-refractivity contribution in [1.29, 1.82) is 0 Å². The number of para-hydroxylation sites is 1. The summed E-state index contributed by atoms with van der Waals surface area (Å²) in [5.41, 5.74) is 4.22. The molecule has 294 valence electrons. The molecule has 4 fully saturated rings. The Morgan fingerprint density at radius 2 is 1.79 bits per heavy atom. The maximum Gasteiger partial charge on any atom is 0.329 e. The highest BCUT2D eigenvalue weighted by atomic mass is 16.5. The molecule has 2 aliphatic heterocycles. The lowest BCUT2D eigenvalue weighted by atomic mass is 9.85. The lowest BCUT2D eigenvalue weighted by Gasteiger charge is -2.39. The minimum absolute atomic E-state index is 0.121. The van der Waals surface area contributed by atoms with Crippen LogP contribution in [0.15, 0.2) is 65.8 Å². The Kier molecular flexibility index (Phi) is 8.80. The van der Waals surface area contributed by atoms with Crippen molar-refractivity contribution in [2.75, 3.05) is 42.9 Å². The lowest BCUT2D eigenvalue weighted by Crippen LogP contribution is -2.48. The molecule has 0 radical (unpaired) electrons. The summed E-state index contributed by atoms with van der Waals surface area (Å²) >= 11 is 0. The summed E-state index contributed by atoms with van der Waals surface area (Å²) < 4.78 is 13.1. The van der Waals surface area contributed by atoms with Gasteiger partial charge in [0.15, 0.2) is 11.5 Å². The Hall–Kier alpha value is -6.03. The number of fused-ring (bicyclic) bond motifs is 3. The average Bonchev–Trinajstić information content (AvgIpc) is 3.70. The van der Waals surface area contributed by atoms with Crippen LogP contribution < -0.4 is 26.0 Å². The van der Waals surface area contributed by atoms with Gasteiger partial charge in [0.2, 0.25) is 11.8 Å². The quantitative estimate of drug-likeness (QED) is 0.205. The second-order valence-electron chi connectivity index (χ2n) is 16.0. The Bertz CT molecular complexity index is 2600. The van der Waals surface area contributed by atoms with Crippen molar-refractivity contribution in [3.8, 4) is 5.75 Å². The molecule has 4 aliphatic rings. The van der Waals surface area contributed by atoms with Gasteiger partial charge in [-0.3, -0.25) is 38.4 Å². The summed E-state index contributed by atoms with van der Waals surface area (Å²) in [6, 6.07) is 12.9. The molecule has 57 heavy (non-hydrogen) atoms. The van der Waals surface area contributed by atoms with Gasteiger partial charge in [0, 0.05) is 70.0 Å². The first-order valence-corrected chi connectivity index (χ1v) is 20.1. The molecule has 2 saturated carbocycles. The van der Waals surface area contributed by atoms with Crippen molar-refractivity contribution in [1.82, 2.24) is 43.7 Å². The van der Waals surface area contributed by atoms with Crippen LogP contribution in [0.25, 0.3) is 27.6 Å². The number of nitrogens with zero attached hydrogens (tertiary/aromatic N) is 9. The maximum atomic E-state index is 13.6. The molecule has 6 heterocycles. The van der Waals surface area contributed by atoms with Gasteiger partial charge >= 0.3 is 5.69 Å². The monoisotopic (exact) mass is 771 g/mol. The first-order valence-electron chi connectivity index (χ1n) is 20.1. The van der Waals surface area contributed by atoms with Crippen LogP contribution in [0.5, 0.6) is 5.75 Å². The Balaban J connectivity index is 0.778. The van der Waals surface area contributed by atoms with Gasteiger partial charge in [-0.25, -0.2) is 9.78 Å². The number of amides is 3. The van der Waals surface area contributed by atoms with Gasteiger partial charge < -0.3 is 15.0 Å². The molecule has 16 heteroatoms. The highest BCUT2D eigenvalue weighted by molar-refractivity contribution is 6.08. The molecule has 1 atom stereocenters. The molecule has 2 N–H and O–H groups in total. The van der Waals surface area contributed by atoms with Crippen LogP contribution in [0.3, 0.4) is 0 Å². The predicted octanol–water partition coefficient (Wildman–Crippen LogP) is 4.06.